The van der Waals surface area contributed by atoms with Crippen LogP contribution < -0.4 is 15.5 Å². The van der Waals surface area contributed by atoms with Crippen molar-refractivity contribution < 1.29 is 4.74 Å². The minimum Gasteiger partial charge on any atom is -0.378 e. The summed E-state index contributed by atoms with van der Waals surface area (Å²) >= 11 is 0. The fourth-order valence-electron chi connectivity index (χ4n) is 1.97. The summed E-state index contributed by atoms with van der Waals surface area (Å²) in [7, 11) is 5.54. The van der Waals surface area contributed by atoms with E-state index in [9.17, 15) is 0 Å². The van der Waals surface area contributed by atoms with E-state index in [2.05, 4.69) is 14.9 Å². The van der Waals surface area contributed by atoms with Gasteiger partial charge in [0, 0.05) is 40.5 Å². The Labute approximate surface area is 101 Å². The van der Waals surface area contributed by atoms with Gasteiger partial charge >= 0.3 is 0 Å². The highest BCUT2D eigenvalue weighted by Gasteiger charge is 2.30. The van der Waals surface area contributed by atoms with Crippen LogP contribution in [0.1, 0.15) is 0 Å². The van der Waals surface area contributed by atoms with Gasteiger partial charge in [0.2, 0.25) is 5.95 Å². The number of rotatable bonds is 3. The quantitative estimate of drug-likeness (QED) is 0.779. The van der Waals surface area contributed by atoms with Gasteiger partial charge in [-0.15, -0.1) is 0 Å². The largest absolute Gasteiger partial charge is 0.378 e. The normalized spacial score (nSPS) is 24.1. The third-order valence-corrected chi connectivity index (χ3v) is 2.96. The smallest absolute Gasteiger partial charge is 0.226 e. The molecule has 2 heterocycles. The van der Waals surface area contributed by atoms with Crippen molar-refractivity contribution in [2.75, 3.05) is 44.1 Å². The molecule has 1 aromatic rings. The van der Waals surface area contributed by atoms with Crippen molar-refractivity contribution in [3.63, 3.8) is 0 Å². The van der Waals surface area contributed by atoms with E-state index in [1.54, 1.807) is 13.3 Å². The highest BCUT2D eigenvalue weighted by molar-refractivity contribution is 5.44. The van der Waals surface area contributed by atoms with Crippen molar-refractivity contribution in [2.24, 2.45) is 5.73 Å². The van der Waals surface area contributed by atoms with Gasteiger partial charge in [-0.05, 0) is 6.07 Å². The molecule has 1 aliphatic heterocycles. The Bertz CT molecular complexity index is 384. The summed E-state index contributed by atoms with van der Waals surface area (Å²) in [6, 6.07) is 1.94. The SMILES string of the molecule is CO[C@@H]1CN(c2ccnc(N(C)C)n2)C[C@@H]1N. The molecule has 0 unspecified atom stereocenters. The molecular formula is C11H19N5O. The van der Waals surface area contributed by atoms with Crippen LogP contribution in [0.15, 0.2) is 12.3 Å². The Hall–Kier alpha value is -1.40. The van der Waals surface area contributed by atoms with Gasteiger partial charge in [-0.2, -0.15) is 4.98 Å². The van der Waals surface area contributed by atoms with Crippen LogP contribution in [0.5, 0.6) is 0 Å². The molecule has 2 atom stereocenters. The third kappa shape index (κ3) is 2.48. The van der Waals surface area contributed by atoms with Crippen LogP contribution in [-0.2, 0) is 4.74 Å². The zero-order valence-electron chi connectivity index (χ0n) is 10.5. The fraction of sp³-hybridized carbons (Fsp3) is 0.636. The molecule has 0 saturated carbocycles. The lowest BCUT2D eigenvalue weighted by molar-refractivity contribution is 0.108. The second-order valence-corrected chi connectivity index (χ2v) is 4.45. The van der Waals surface area contributed by atoms with Crippen LogP contribution in [0.4, 0.5) is 11.8 Å². The van der Waals surface area contributed by atoms with Gasteiger partial charge < -0.3 is 20.3 Å². The van der Waals surface area contributed by atoms with Crippen LogP contribution in [0, 0.1) is 0 Å². The maximum absolute atomic E-state index is 5.99. The number of nitrogens with zero attached hydrogens (tertiary/aromatic N) is 4. The average molecular weight is 237 g/mol. The Morgan fingerprint density at radius 1 is 1.47 bits per heavy atom. The molecular weight excluding hydrogens is 218 g/mol. The Morgan fingerprint density at radius 2 is 2.24 bits per heavy atom. The third-order valence-electron chi connectivity index (χ3n) is 2.96. The molecule has 1 saturated heterocycles. The molecule has 0 radical (unpaired) electrons. The first-order valence-corrected chi connectivity index (χ1v) is 5.65. The number of methoxy groups -OCH3 is 1. The standard InChI is InChI=1S/C11H19N5O/c1-15(2)11-13-5-4-10(14-11)16-6-8(12)9(7-16)17-3/h4-5,8-9H,6-7,12H2,1-3H3/t8-,9+/m0/s1. The molecule has 0 aromatic carbocycles. The highest BCUT2D eigenvalue weighted by Crippen LogP contribution is 2.20. The molecule has 0 aliphatic carbocycles. The summed E-state index contributed by atoms with van der Waals surface area (Å²) in [6.07, 6.45) is 1.84. The molecule has 0 spiro atoms. The van der Waals surface area contributed by atoms with Crippen molar-refractivity contribution in [3.8, 4) is 0 Å². The Kier molecular flexibility index (Phi) is 3.44. The first-order chi connectivity index (χ1) is 8.11. The van der Waals surface area contributed by atoms with E-state index in [1.807, 2.05) is 25.1 Å². The van der Waals surface area contributed by atoms with Crippen molar-refractivity contribution in [1.82, 2.24) is 9.97 Å². The summed E-state index contributed by atoms with van der Waals surface area (Å²) in [5.74, 6) is 1.61. The number of nitrogens with two attached hydrogens (primary N) is 1. The van der Waals surface area contributed by atoms with Gasteiger partial charge in [0.1, 0.15) is 5.82 Å². The van der Waals surface area contributed by atoms with Crippen LogP contribution in [0.2, 0.25) is 0 Å². The fourth-order valence-corrected chi connectivity index (χ4v) is 1.97. The van der Waals surface area contributed by atoms with Gasteiger partial charge in [0.05, 0.1) is 12.1 Å². The average Bonchev–Trinajstić information content (AvgIpc) is 2.71. The second kappa shape index (κ2) is 4.85. The summed E-state index contributed by atoms with van der Waals surface area (Å²) in [6.45, 7) is 1.55. The zero-order chi connectivity index (χ0) is 12.4. The van der Waals surface area contributed by atoms with E-state index in [0.717, 1.165) is 18.9 Å². The lowest BCUT2D eigenvalue weighted by Crippen LogP contribution is -2.34. The zero-order valence-corrected chi connectivity index (χ0v) is 10.5. The van der Waals surface area contributed by atoms with E-state index in [1.165, 1.54) is 0 Å². The summed E-state index contributed by atoms with van der Waals surface area (Å²) < 4.78 is 5.33. The van der Waals surface area contributed by atoms with E-state index >= 15 is 0 Å². The molecule has 1 aliphatic rings. The molecule has 17 heavy (non-hydrogen) atoms. The van der Waals surface area contributed by atoms with Gasteiger partial charge in [0.15, 0.2) is 0 Å². The van der Waals surface area contributed by atoms with E-state index in [-0.39, 0.29) is 12.1 Å². The summed E-state index contributed by atoms with van der Waals surface area (Å²) in [4.78, 5) is 12.7. The predicted octanol–water partition coefficient (Wildman–Crippen LogP) is -0.295. The number of ether oxygens (including phenoxy) is 1. The van der Waals surface area contributed by atoms with Crippen LogP contribution in [0.25, 0.3) is 0 Å². The highest BCUT2D eigenvalue weighted by atomic mass is 16.5. The molecule has 0 amide bonds. The first-order valence-electron chi connectivity index (χ1n) is 5.65. The second-order valence-electron chi connectivity index (χ2n) is 4.45. The van der Waals surface area contributed by atoms with E-state index in [4.69, 9.17) is 10.5 Å². The predicted molar refractivity (Wildman–Crippen MR) is 67.3 cm³/mol. The Morgan fingerprint density at radius 3 is 2.82 bits per heavy atom. The molecule has 0 bridgehead atoms. The maximum Gasteiger partial charge on any atom is 0.226 e. The van der Waals surface area contributed by atoms with Crippen molar-refractivity contribution in [1.29, 1.82) is 0 Å². The van der Waals surface area contributed by atoms with Crippen molar-refractivity contribution in [2.45, 2.75) is 12.1 Å². The topological polar surface area (TPSA) is 67.5 Å². The van der Waals surface area contributed by atoms with Crippen molar-refractivity contribution >= 4 is 11.8 Å². The van der Waals surface area contributed by atoms with Crippen LogP contribution >= 0.6 is 0 Å². The first kappa shape index (κ1) is 12.1. The molecule has 6 heteroatoms. The monoisotopic (exact) mass is 237 g/mol. The summed E-state index contributed by atoms with van der Waals surface area (Å²) in [5, 5.41) is 0. The Balaban J connectivity index is 2.15. The van der Waals surface area contributed by atoms with E-state index < -0.39 is 0 Å². The van der Waals surface area contributed by atoms with Crippen LogP contribution in [0.3, 0.4) is 0 Å². The van der Waals surface area contributed by atoms with Gasteiger partial charge in [0.25, 0.3) is 0 Å². The minimum atomic E-state index is 0.0396. The maximum atomic E-state index is 5.99. The molecule has 1 aromatic heterocycles. The van der Waals surface area contributed by atoms with Gasteiger partial charge in [-0.3, -0.25) is 0 Å². The number of hydrogen-bond acceptors (Lipinski definition) is 6. The molecule has 1 fully saturated rings. The minimum absolute atomic E-state index is 0.0396. The molecule has 6 nitrogen and oxygen atoms in total. The van der Waals surface area contributed by atoms with Crippen LogP contribution in [-0.4, -0.2) is 56.4 Å². The van der Waals surface area contributed by atoms with Crippen molar-refractivity contribution in [3.05, 3.63) is 12.3 Å². The summed E-state index contributed by atoms with van der Waals surface area (Å²) in [5.41, 5.74) is 5.99. The molecule has 2 N–H and O–H groups in total. The molecule has 94 valence electrons. The number of hydrogen-bond donors (Lipinski definition) is 1. The van der Waals surface area contributed by atoms with Gasteiger partial charge in [-0.1, -0.05) is 0 Å². The van der Waals surface area contributed by atoms with Gasteiger partial charge in [-0.25, -0.2) is 4.98 Å². The molecule has 2 rings (SSSR count). The van der Waals surface area contributed by atoms with E-state index in [0.29, 0.717) is 5.95 Å². The number of aromatic nitrogens is 2. The lowest BCUT2D eigenvalue weighted by atomic mass is 10.2. The lowest BCUT2D eigenvalue weighted by Gasteiger charge is -2.18. The number of anilines is 2.